The molecule has 4 rings (SSSR count). The first-order chi connectivity index (χ1) is 13.1. The van der Waals surface area contributed by atoms with Crippen molar-refractivity contribution in [2.75, 3.05) is 0 Å². The summed E-state index contributed by atoms with van der Waals surface area (Å²) in [6.07, 6.45) is 3.36. The molecule has 0 aliphatic heterocycles. The predicted octanol–water partition coefficient (Wildman–Crippen LogP) is 4.22. The maximum atomic E-state index is 10.9. The number of aromatic hydroxyl groups is 1. The second-order valence-corrected chi connectivity index (χ2v) is 5.85. The fourth-order valence-corrected chi connectivity index (χ4v) is 2.84. The molecule has 0 radical (unpaired) electrons. The van der Waals surface area contributed by atoms with Gasteiger partial charge in [0.15, 0.2) is 0 Å². The van der Waals surface area contributed by atoms with Gasteiger partial charge in [-0.05, 0) is 42.5 Å². The molecule has 0 amide bonds. The third-order valence-corrected chi connectivity index (χ3v) is 4.17. The van der Waals surface area contributed by atoms with Crippen LogP contribution in [0.1, 0.15) is 0 Å². The standard InChI is InChI=1S/C20H14N4O3/c25-20-4-2-1-3-17(20)19-13-18(14-9-11-21-12-10-14)22-23(19)15-5-7-16(8-6-15)24(26)27/h1-13,25H. The number of pyridine rings is 1. The minimum atomic E-state index is -0.445. The van der Waals surface area contributed by atoms with Gasteiger partial charge in [0.1, 0.15) is 5.75 Å². The van der Waals surface area contributed by atoms with Crippen LogP contribution in [-0.4, -0.2) is 24.8 Å². The number of hydrogen-bond acceptors (Lipinski definition) is 5. The van der Waals surface area contributed by atoms with Crippen LogP contribution in [0.25, 0.3) is 28.2 Å². The smallest absolute Gasteiger partial charge is 0.269 e. The van der Waals surface area contributed by atoms with Crippen molar-refractivity contribution >= 4 is 5.69 Å². The Labute approximate surface area is 154 Å². The van der Waals surface area contributed by atoms with Gasteiger partial charge in [-0.2, -0.15) is 5.10 Å². The van der Waals surface area contributed by atoms with Gasteiger partial charge in [0, 0.05) is 35.7 Å². The fourth-order valence-electron chi connectivity index (χ4n) is 2.84. The maximum Gasteiger partial charge on any atom is 0.269 e. The number of phenolic OH excluding ortho intramolecular Hbond substituents is 1. The lowest BCUT2D eigenvalue weighted by Gasteiger charge is -2.08. The molecule has 27 heavy (non-hydrogen) atoms. The molecule has 0 fully saturated rings. The molecule has 2 aromatic carbocycles. The number of para-hydroxylation sites is 1. The van der Waals surface area contributed by atoms with Crippen molar-refractivity contribution in [1.82, 2.24) is 14.8 Å². The van der Waals surface area contributed by atoms with Crippen molar-refractivity contribution in [3.05, 3.63) is 89.2 Å². The Kier molecular flexibility index (Phi) is 4.10. The first-order valence-electron chi connectivity index (χ1n) is 8.17. The zero-order chi connectivity index (χ0) is 18.8. The number of nitrogens with zero attached hydrogens (tertiary/aromatic N) is 4. The molecule has 0 atom stereocenters. The SMILES string of the molecule is O=[N+]([O-])c1ccc(-n2nc(-c3ccncc3)cc2-c2ccccc2O)cc1. The summed E-state index contributed by atoms with van der Waals surface area (Å²) in [5, 5.41) is 25.9. The average molecular weight is 358 g/mol. The third-order valence-electron chi connectivity index (χ3n) is 4.17. The van der Waals surface area contributed by atoms with E-state index in [1.807, 2.05) is 24.3 Å². The highest BCUT2D eigenvalue weighted by atomic mass is 16.6. The Morgan fingerprint density at radius 1 is 0.963 bits per heavy atom. The van der Waals surface area contributed by atoms with Gasteiger partial charge in [-0.1, -0.05) is 12.1 Å². The van der Waals surface area contributed by atoms with Crippen molar-refractivity contribution in [2.45, 2.75) is 0 Å². The topological polar surface area (TPSA) is 94.1 Å². The Morgan fingerprint density at radius 2 is 1.67 bits per heavy atom. The largest absolute Gasteiger partial charge is 0.507 e. The van der Waals surface area contributed by atoms with Gasteiger partial charge in [0.2, 0.25) is 0 Å². The molecule has 0 aliphatic rings. The highest BCUT2D eigenvalue weighted by Crippen LogP contribution is 2.33. The van der Waals surface area contributed by atoms with Gasteiger partial charge < -0.3 is 5.11 Å². The Bertz CT molecular complexity index is 1110. The molecule has 0 bridgehead atoms. The lowest BCUT2D eigenvalue weighted by atomic mass is 10.1. The van der Waals surface area contributed by atoms with Crippen molar-refractivity contribution in [3.63, 3.8) is 0 Å². The number of non-ortho nitro benzene ring substituents is 1. The van der Waals surface area contributed by atoms with E-state index in [4.69, 9.17) is 0 Å². The number of hydrogen-bond donors (Lipinski definition) is 1. The minimum absolute atomic E-state index is 0.00405. The van der Waals surface area contributed by atoms with Crippen molar-refractivity contribution < 1.29 is 10.0 Å². The van der Waals surface area contributed by atoms with Crippen LogP contribution in [-0.2, 0) is 0 Å². The van der Waals surface area contributed by atoms with Crippen LogP contribution in [0.3, 0.4) is 0 Å². The highest BCUT2D eigenvalue weighted by Gasteiger charge is 2.16. The maximum absolute atomic E-state index is 10.9. The summed E-state index contributed by atoms with van der Waals surface area (Å²) in [4.78, 5) is 14.5. The van der Waals surface area contributed by atoms with Crippen LogP contribution in [0.2, 0.25) is 0 Å². The van der Waals surface area contributed by atoms with Crippen LogP contribution in [0.15, 0.2) is 79.1 Å². The highest BCUT2D eigenvalue weighted by molar-refractivity contribution is 5.74. The number of aromatic nitrogens is 3. The number of phenols is 1. The molecule has 0 saturated heterocycles. The van der Waals surface area contributed by atoms with E-state index in [1.54, 1.807) is 47.4 Å². The zero-order valence-corrected chi connectivity index (χ0v) is 14.1. The van der Waals surface area contributed by atoms with Crippen LogP contribution in [0.5, 0.6) is 5.75 Å². The van der Waals surface area contributed by atoms with E-state index in [0.29, 0.717) is 22.6 Å². The van der Waals surface area contributed by atoms with Gasteiger partial charge in [-0.25, -0.2) is 4.68 Å². The average Bonchev–Trinajstić information content (AvgIpc) is 3.14. The number of rotatable bonds is 4. The predicted molar refractivity (Wildman–Crippen MR) is 101 cm³/mol. The molecule has 0 saturated carbocycles. The molecule has 1 N–H and O–H groups in total. The second kappa shape index (κ2) is 6.72. The van der Waals surface area contributed by atoms with Crippen LogP contribution in [0.4, 0.5) is 5.69 Å². The van der Waals surface area contributed by atoms with Gasteiger partial charge in [0.25, 0.3) is 5.69 Å². The molecule has 7 nitrogen and oxygen atoms in total. The summed E-state index contributed by atoms with van der Waals surface area (Å²) in [5.41, 5.74) is 3.53. The lowest BCUT2D eigenvalue weighted by molar-refractivity contribution is -0.384. The fraction of sp³-hybridized carbons (Fsp3) is 0. The van der Waals surface area contributed by atoms with E-state index in [2.05, 4.69) is 10.1 Å². The molecule has 2 aromatic heterocycles. The van der Waals surface area contributed by atoms with Gasteiger partial charge >= 0.3 is 0 Å². The molecule has 0 aliphatic carbocycles. The number of benzene rings is 2. The summed E-state index contributed by atoms with van der Waals surface area (Å²) >= 11 is 0. The van der Waals surface area contributed by atoms with E-state index >= 15 is 0 Å². The molecule has 0 unspecified atom stereocenters. The molecule has 2 heterocycles. The van der Waals surface area contributed by atoms with Crippen molar-refractivity contribution in [2.24, 2.45) is 0 Å². The third kappa shape index (κ3) is 3.13. The van der Waals surface area contributed by atoms with E-state index < -0.39 is 4.92 Å². The first kappa shape index (κ1) is 16.5. The quantitative estimate of drug-likeness (QED) is 0.435. The zero-order valence-electron chi connectivity index (χ0n) is 14.1. The number of nitro groups is 1. The summed E-state index contributed by atoms with van der Waals surface area (Å²) in [7, 11) is 0. The lowest BCUT2D eigenvalue weighted by Crippen LogP contribution is -2.00. The molecule has 0 spiro atoms. The summed E-state index contributed by atoms with van der Waals surface area (Å²) < 4.78 is 1.66. The van der Waals surface area contributed by atoms with Gasteiger partial charge in [-0.15, -0.1) is 0 Å². The normalized spacial score (nSPS) is 10.7. The molecular weight excluding hydrogens is 344 g/mol. The van der Waals surface area contributed by atoms with Crippen molar-refractivity contribution in [1.29, 1.82) is 0 Å². The molecule has 7 heteroatoms. The van der Waals surface area contributed by atoms with Crippen LogP contribution >= 0.6 is 0 Å². The monoisotopic (exact) mass is 358 g/mol. The van der Waals surface area contributed by atoms with Crippen molar-refractivity contribution in [3.8, 4) is 34.0 Å². The Balaban J connectivity index is 1.90. The van der Waals surface area contributed by atoms with Gasteiger partial charge in [-0.3, -0.25) is 15.1 Å². The van der Waals surface area contributed by atoms with Crippen LogP contribution < -0.4 is 0 Å². The second-order valence-electron chi connectivity index (χ2n) is 5.85. The molecular formula is C20H14N4O3. The summed E-state index contributed by atoms with van der Waals surface area (Å²) in [6.45, 7) is 0. The minimum Gasteiger partial charge on any atom is -0.507 e. The van der Waals surface area contributed by atoms with Crippen LogP contribution in [0, 0.1) is 10.1 Å². The summed E-state index contributed by atoms with van der Waals surface area (Å²) in [5.74, 6) is 0.127. The van der Waals surface area contributed by atoms with E-state index in [0.717, 1.165) is 5.56 Å². The molecule has 132 valence electrons. The Hall–Kier alpha value is -4.00. The van der Waals surface area contributed by atoms with E-state index in [-0.39, 0.29) is 11.4 Å². The summed E-state index contributed by atoms with van der Waals surface area (Å²) in [6, 6.07) is 18.6. The van der Waals surface area contributed by atoms with Gasteiger partial charge in [0.05, 0.1) is 22.0 Å². The van der Waals surface area contributed by atoms with E-state index in [9.17, 15) is 15.2 Å². The Morgan fingerprint density at radius 3 is 2.33 bits per heavy atom. The first-order valence-corrected chi connectivity index (χ1v) is 8.17. The van der Waals surface area contributed by atoms with E-state index in [1.165, 1.54) is 12.1 Å². The number of nitro benzene ring substituents is 1. The molecule has 4 aromatic rings.